The second-order valence-electron chi connectivity index (χ2n) is 6.13. The highest BCUT2D eigenvalue weighted by Crippen LogP contribution is 2.36. The summed E-state index contributed by atoms with van der Waals surface area (Å²) >= 11 is 3.42. The Kier molecular flexibility index (Phi) is 3.76. The number of aromatic nitrogens is 2. The van der Waals surface area contributed by atoms with Crippen LogP contribution in [0.3, 0.4) is 0 Å². The molecule has 3 saturated heterocycles. The van der Waals surface area contributed by atoms with Gasteiger partial charge in [-0.15, -0.1) is 0 Å². The number of fused-ring (bicyclic) bond motifs is 2. The van der Waals surface area contributed by atoms with E-state index in [1.807, 2.05) is 24.4 Å². The van der Waals surface area contributed by atoms with E-state index in [4.69, 9.17) is 5.26 Å². The highest BCUT2D eigenvalue weighted by atomic mass is 79.9. The Balaban J connectivity index is 1.41. The molecule has 0 radical (unpaired) electrons. The molecule has 2 unspecified atom stereocenters. The lowest BCUT2D eigenvalue weighted by Crippen LogP contribution is -2.69. The lowest BCUT2D eigenvalue weighted by atomic mass is 9.87. The average Bonchev–Trinajstić information content (AvgIpc) is 2.58. The van der Waals surface area contributed by atoms with E-state index in [0.29, 0.717) is 17.6 Å². The van der Waals surface area contributed by atoms with E-state index < -0.39 is 0 Å². The fourth-order valence-electron chi connectivity index (χ4n) is 3.53. The molecule has 0 saturated carbocycles. The number of hydrogen-bond acceptors (Lipinski definition) is 5. The smallest absolute Gasteiger partial charge is 0.129 e. The summed E-state index contributed by atoms with van der Waals surface area (Å²) in [7, 11) is 0. The Bertz CT molecular complexity index is 725. The van der Waals surface area contributed by atoms with Crippen LogP contribution in [0.15, 0.2) is 41.1 Å². The summed E-state index contributed by atoms with van der Waals surface area (Å²) < 4.78 is 1.01. The van der Waals surface area contributed by atoms with Crippen LogP contribution in [0.5, 0.6) is 0 Å². The van der Waals surface area contributed by atoms with Gasteiger partial charge in [0.25, 0.3) is 0 Å². The zero-order valence-electron chi connectivity index (χ0n) is 12.6. The first kappa shape index (κ1) is 14.6. The van der Waals surface area contributed by atoms with E-state index in [-0.39, 0.29) is 0 Å². The fraction of sp³-hybridized carbons (Fsp3) is 0.353. The van der Waals surface area contributed by atoms with Gasteiger partial charge in [0, 0.05) is 48.6 Å². The first-order chi connectivity index (χ1) is 11.2. The predicted molar refractivity (Wildman–Crippen MR) is 90.8 cm³/mol. The molecule has 3 fully saturated rings. The molecule has 2 aromatic heterocycles. The molecule has 2 aromatic rings. The quantitative estimate of drug-likeness (QED) is 0.831. The molecular formula is C17H16BrN5. The van der Waals surface area contributed by atoms with E-state index in [1.165, 1.54) is 6.42 Å². The predicted octanol–water partition coefficient (Wildman–Crippen LogP) is 2.57. The molecule has 5 nitrogen and oxygen atoms in total. The Hall–Kier alpha value is -1.97. The summed E-state index contributed by atoms with van der Waals surface area (Å²) in [5.41, 5.74) is 1.72. The summed E-state index contributed by atoms with van der Waals surface area (Å²) in [5, 5.41) is 8.87. The van der Waals surface area contributed by atoms with Gasteiger partial charge in [-0.05, 0) is 46.6 Å². The van der Waals surface area contributed by atoms with Gasteiger partial charge >= 0.3 is 0 Å². The number of piperidine rings is 1. The number of halogens is 1. The van der Waals surface area contributed by atoms with Crippen LogP contribution >= 0.6 is 15.9 Å². The van der Waals surface area contributed by atoms with Gasteiger partial charge in [0.15, 0.2) is 0 Å². The SMILES string of the molecule is N#Cc1ccc(N2C3CC2CN(Cc2ccc(Br)cn2)C3)nc1. The van der Waals surface area contributed by atoms with Crippen molar-refractivity contribution in [2.75, 3.05) is 18.0 Å². The van der Waals surface area contributed by atoms with Gasteiger partial charge in [-0.3, -0.25) is 9.88 Å². The van der Waals surface area contributed by atoms with Gasteiger partial charge < -0.3 is 4.90 Å². The van der Waals surface area contributed by atoms with Crippen molar-refractivity contribution in [1.82, 2.24) is 14.9 Å². The molecule has 116 valence electrons. The lowest BCUT2D eigenvalue weighted by molar-refractivity contribution is 0.106. The minimum atomic E-state index is 0.518. The first-order valence-electron chi connectivity index (χ1n) is 7.70. The number of nitriles is 1. The largest absolute Gasteiger partial charge is 0.348 e. The molecule has 23 heavy (non-hydrogen) atoms. The third-order valence-corrected chi connectivity index (χ3v) is 5.05. The minimum Gasteiger partial charge on any atom is -0.348 e. The molecule has 6 heteroatoms. The van der Waals surface area contributed by atoms with E-state index in [9.17, 15) is 0 Å². The number of rotatable bonds is 3. The van der Waals surface area contributed by atoms with Crippen LogP contribution in [0, 0.1) is 11.3 Å². The molecular weight excluding hydrogens is 354 g/mol. The zero-order chi connectivity index (χ0) is 15.8. The van der Waals surface area contributed by atoms with Crippen molar-refractivity contribution in [3.8, 4) is 6.07 Å². The second-order valence-corrected chi connectivity index (χ2v) is 7.05. The van der Waals surface area contributed by atoms with E-state index in [2.05, 4.69) is 47.8 Å². The van der Waals surface area contributed by atoms with Crippen molar-refractivity contribution < 1.29 is 0 Å². The van der Waals surface area contributed by atoms with Gasteiger partial charge in [-0.25, -0.2) is 4.98 Å². The summed E-state index contributed by atoms with van der Waals surface area (Å²) in [5.74, 6) is 0.992. The maximum Gasteiger partial charge on any atom is 0.129 e. The lowest BCUT2D eigenvalue weighted by Gasteiger charge is -2.57. The average molecular weight is 370 g/mol. The second kappa shape index (κ2) is 5.91. The topological polar surface area (TPSA) is 56.1 Å². The van der Waals surface area contributed by atoms with Gasteiger partial charge in [-0.1, -0.05) is 0 Å². The van der Waals surface area contributed by atoms with Gasteiger partial charge in [0.05, 0.1) is 11.3 Å². The van der Waals surface area contributed by atoms with E-state index in [1.54, 1.807) is 6.20 Å². The third kappa shape index (κ3) is 2.82. The number of nitrogens with zero attached hydrogens (tertiary/aromatic N) is 5. The van der Waals surface area contributed by atoms with Crippen LogP contribution < -0.4 is 4.90 Å². The Morgan fingerprint density at radius 3 is 2.57 bits per heavy atom. The van der Waals surface area contributed by atoms with Crippen LogP contribution in [0.4, 0.5) is 5.82 Å². The zero-order valence-corrected chi connectivity index (χ0v) is 14.1. The molecule has 5 heterocycles. The Morgan fingerprint density at radius 1 is 1.13 bits per heavy atom. The summed E-state index contributed by atoms with van der Waals surface area (Å²) in [6.07, 6.45) is 4.74. The van der Waals surface area contributed by atoms with Crippen LogP contribution in [0.25, 0.3) is 0 Å². The van der Waals surface area contributed by atoms with Crippen molar-refractivity contribution in [1.29, 1.82) is 5.26 Å². The molecule has 2 atom stereocenters. The van der Waals surface area contributed by atoms with Crippen LogP contribution in [0.2, 0.25) is 0 Å². The minimum absolute atomic E-state index is 0.518. The first-order valence-corrected chi connectivity index (χ1v) is 8.49. The molecule has 3 aliphatic rings. The molecule has 0 spiro atoms. The van der Waals surface area contributed by atoms with Crippen molar-refractivity contribution in [2.24, 2.45) is 0 Å². The monoisotopic (exact) mass is 369 g/mol. The van der Waals surface area contributed by atoms with Gasteiger partial charge in [-0.2, -0.15) is 5.26 Å². The molecule has 2 bridgehead atoms. The summed E-state index contributed by atoms with van der Waals surface area (Å²) in [6.45, 7) is 2.97. The van der Waals surface area contributed by atoms with Crippen molar-refractivity contribution in [3.05, 3.63) is 52.4 Å². The summed E-state index contributed by atoms with van der Waals surface area (Å²) in [6, 6.07) is 11.1. The maximum atomic E-state index is 8.87. The van der Waals surface area contributed by atoms with Crippen molar-refractivity contribution in [2.45, 2.75) is 25.0 Å². The van der Waals surface area contributed by atoms with Gasteiger partial charge in [0.2, 0.25) is 0 Å². The van der Waals surface area contributed by atoms with Crippen molar-refractivity contribution >= 4 is 21.7 Å². The van der Waals surface area contributed by atoms with E-state index >= 15 is 0 Å². The number of piperazine rings is 1. The van der Waals surface area contributed by atoms with Crippen LogP contribution in [-0.2, 0) is 6.54 Å². The maximum absolute atomic E-state index is 8.87. The summed E-state index contributed by atoms with van der Waals surface area (Å²) in [4.78, 5) is 13.8. The Morgan fingerprint density at radius 2 is 1.96 bits per heavy atom. The van der Waals surface area contributed by atoms with Gasteiger partial charge in [0.1, 0.15) is 11.9 Å². The molecule has 0 aromatic carbocycles. The Labute approximate surface area is 143 Å². The molecule has 0 amide bonds. The highest BCUT2D eigenvalue weighted by molar-refractivity contribution is 9.10. The van der Waals surface area contributed by atoms with Crippen LogP contribution in [0.1, 0.15) is 17.7 Å². The molecule has 0 aliphatic carbocycles. The van der Waals surface area contributed by atoms with Crippen LogP contribution in [-0.4, -0.2) is 40.0 Å². The molecule has 0 N–H and O–H groups in total. The number of pyridine rings is 2. The normalized spacial score (nSPS) is 23.2. The standard InChI is InChI=1S/C17H16BrN5/c18-13-2-3-14(20-8-13)9-22-10-15-5-16(11-22)23(15)17-4-1-12(6-19)7-21-17/h1-4,7-8,15-16H,5,9-11H2. The van der Waals surface area contributed by atoms with E-state index in [0.717, 1.165) is 35.6 Å². The van der Waals surface area contributed by atoms with Crippen molar-refractivity contribution in [3.63, 3.8) is 0 Å². The third-order valence-electron chi connectivity index (χ3n) is 4.58. The molecule has 3 aliphatic heterocycles. The number of anilines is 1. The number of hydrogen-bond donors (Lipinski definition) is 0. The highest BCUT2D eigenvalue weighted by Gasteiger charge is 2.45. The molecule has 5 rings (SSSR count). The fourth-order valence-corrected chi connectivity index (χ4v) is 3.77.